The van der Waals surface area contributed by atoms with Gasteiger partial charge in [-0.3, -0.25) is 19.7 Å². The van der Waals surface area contributed by atoms with Crippen LogP contribution in [-0.4, -0.2) is 39.4 Å². The Labute approximate surface area is 195 Å². The number of rotatable bonds is 3. The quantitative estimate of drug-likeness (QED) is 0.636. The molecule has 9 heteroatoms. The average Bonchev–Trinajstić information content (AvgIpc) is 2.99. The molecule has 0 aliphatic carbocycles. The molecule has 2 aliphatic rings. The number of carbonyl (C=O) groups excluding carboxylic acids is 1. The van der Waals surface area contributed by atoms with E-state index < -0.39 is 17.0 Å². The summed E-state index contributed by atoms with van der Waals surface area (Å²) in [5, 5.41) is 0.509. The zero-order valence-electron chi connectivity index (χ0n) is 18.0. The molecule has 1 amide bonds. The highest BCUT2D eigenvalue weighted by atomic mass is 35.5. The standard InChI is InChI=1S/C24H21ClFN5O2/c1-23(9-18-5-4-17(26)12-29-18)13-24(21(32)31(2)22(27)30-24)19-8-14(3-6-20(19)33-23)15-7-16(25)11-28-10-15/h3-8,10-12H,9,13H2,1-2H3,(H2,27,30). The first kappa shape index (κ1) is 21.3. The summed E-state index contributed by atoms with van der Waals surface area (Å²) in [6.45, 7) is 1.90. The van der Waals surface area contributed by atoms with Crippen molar-refractivity contribution in [2.24, 2.45) is 10.7 Å². The number of nitrogens with zero attached hydrogens (tertiary/aromatic N) is 4. The third kappa shape index (κ3) is 3.60. The number of nitrogens with two attached hydrogens (primary N) is 1. The first-order valence-corrected chi connectivity index (χ1v) is 10.8. The maximum absolute atomic E-state index is 13.5. The number of aromatic nitrogens is 2. The molecule has 33 heavy (non-hydrogen) atoms. The number of ether oxygens (including phenoxy) is 1. The Kier molecular flexibility index (Phi) is 4.86. The number of aliphatic imine (C=N–C) groups is 1. The van der Waals surface area contributed by atoms with Crippen molar-refractivity contribution in [1.29, 1.82) is 0 Å². The summed E-state index contributed by atoms with van der Waals surface area (Å²) in [6, 6.07) is 10.4. The predicted molar refractivity (Wildman–Crippen MR) is 122 cm³/mol. The van der Waals surface area contributed by atoms with Crippen LogP contribution in [0.25, 0.3) is 11.1 Å². The molecule has 1 aromatic carbocycles. The van der Waals surface area contributed by atoms with Crippen LogP contribution in [0.15, 0.2) is 60.0 Å². The molecule has 2 aromatic heterocycles. The molecule has 7 nitrogen and oxygen atoms in total. The third-order valence-corrected chi connectivity index (χ3v) is 6.31. The van der Waals surface area contributed by atoms with E-state index in [9.17, 15) is 9.18 Å². The van der Waals surface area contributed by atoms with Gasteiger partial charge in [0.25, 0.3) is 5.91 Å². The van der Waals surface area contributed by atoms with Crippen molar-refractivity contribution in [3.63, 3.8) is 0 Å². The van der Waals surface area contributed by atoms with Gasteiger partial charge in [-0.25, -0.2) is 9.38 Å². The van der Waals surface area contributed by atoms with Gasteiger partial charge in [0.05, 0.1) is 11.2 Å². The Morgan fingerprint density at radius 2 is 2.00 bits per heavy atom. The number of hydrogen-bond donors (Lipinski definition) is 1. The highest BCUT2D eigenvalue weighted by Gasteiger charge is 2.56. The van der Waals surface area contributed by atoms with Crippen molar-refractivity contribution in [2.45, 2.75) is 30.9 Å². The summed E-state index contributed by atoms with van der Waals surface area (Å²) < 4.78 is 19.8. The topological polar surface area (TPSA) is 93.7 Å². The average molecular weight is 466 g/mol. The molecular weight excluding hydrogens is 445 g/mol. The van der Waals surface area contributed by atoms with Gasteiger partial charge in [-0.2, -0.15) is 0 Å². The van der Waals surface area contributed by atoms with Gasteiger partial charge < -0.3 is 10.5 Å². The van der Waals surface area contributed by atoms with Crippen LogP contribution in [0.2, 0.25) is 5.02 Å². The molecule has 0 bridgehead atoms. The minimum Gasteiger partial charge on any atom is -0.487 e. The lowest BCUT2D eigenvalue weighted by molar-refractivity contribution is -0.133. The molecule has 0 saturated heterocycles. The van der Waals surface area contributed by atoms with E-state index in [-0.39, 0.29) is 18.3 Å². The molecule has 3 aromatic rings. The van der Waals surface area contributed by atoms with Crippen LogP contribution in [0.3, 0.4) is 0 Å². The van der Waals surface area contributed by atoms with Gasteiger partial charge in [0, 0.05) is 49.1 Å². The van der Waals surface area contributed by atoms with Gasteiger partial charge in [-0.15, -0.1) is 0 Å². The Hall–Kier alpha value is -3.52. The minimum absolute atomic E-state index is 0.143. The number of hydrogen-bond acceptors (Lipinski definition) is 6. The van der Waals surface area contributed by atoms with E-state index in [0.717, 1.165) is 11.1 Å². The number of benzene rings is 1. The second-order valence-corrected chi connectivity index (χ2v) is 9.11. The monoisotopic (exact) mass is 465 g/mol. The smallest absolute Gasteiger partial charge is 0.261 e. The Balaban J connectivity index is 1.63. The Bertz CT molecular complexity index is 1300. The Morgan fingerprint density at radius 3 is 2.67 bits per heavy atom. The summed E-state index contributed by atoms with van der Waals surface area (Å²) in [4.78, 5) is 27.9. The van der Waals surface area contributed by atoms with Crippen molar-refractivity contribution in [3.8, 4) is 16.9 Å². The van der Waals surface area contributed by atoms with Crippen molar-refractivity contribution in [3.05, 3.63) is 77.1 Å². The van der Waals surface area contributed by atoms with Crippen LogP contribution in [0.5, 0.6) is 5.75 Å². The molecule has 0 fully saturated rings. The van der Waals surface area contributed by atoms with Crippen molar-refractivity contribution in [1.82, 2.24) is 14.9 Å². The van der Waals surface area contributed by atoms with E-state index in [2.05, 4.69) is 15.0 Å². The number of guanidine groups is 1. The summed E-state index contributed by atoms with van der Waals surface area (Å²) in [7, 11) is 1.61. The maximum Gasteiger partial charge on any atom is 0.261 e. The zero-order chi connectivity index (χ0) is 23.4. The fourth-order valence-electron chi connectivity index (χ4n) is 4.61. The summed E-state index contributed by atoms with van der Waals surface area (Å²) in [5.41, 5.74) is 6.92. The second-order valence-electron chi connectivity index (χ2n) is 8.67. The SMILES string of the molecule is CN1C(=O)C2(CC(C)(Cc3ccc(F)cn3)Oc3ccc(-c4cncc(Cl)c4)cc32)N=C1N. The second kappa shape index (κ2) is 7.52. The molecular formula is C24H21ClFN5O2. The van der Waals surface area contributed by atoms with Gasteiger partial charge in [0.2, 0.25) is 0 Å². The molecule has 1 spiro atoms. The largest absolute Gasteiger partial charge is 0.487 e. The molecule has 0 saturated carbocycles. The summed E-state index contributed by atoms with van der Waals surface area (Å²) >= 11 is 6.13. The molecule has 4 heterocycles. The van der Waals surface area contributed by atoms with E-state index in [0.29, 0.717) is 28.5 Å². The van der Waals surface area contributed by atoms with Crippen LogP contribution in [-0.2, 0) is 16.8 Å². The fourth-order valence-corrected chi connectivity index (χ4v) is 4.79. The van der Waals surface area contributed by atoms with Crippen LogP contribution in [0.4, 0.5) is 4.39 Å². The predicted octanol–water partition coefficient (Wildman–Crippen LogP) is 3.70. The first-order valence-electron chi connectivity index (χ1n) is 10.4. The Morgan fingerprint density at radius 1 is 1.18 bits per heavy atom. The normalized spacial score (nSPS) is 23.9. The minimum atomic E-state index is -1.25. The van der Waals surface area contributed by atoms with E-state index in [1.54, 1.807) is 31.6 Å². The van der Waals surface area contributed by atoms with E-state index in [1.807, 2.05) is 25.1 Å². The van der Waals surface area contributed by atoms with Crippen LogP contribution in [0, 0.1) is 5.82 Å². The first-order chi connectivity index (χ1) is 15.7. The number of amides is 1. The zero-order valence-corrected chi connectivity index (χ0v) is 18.8. The van der Waals surface area contributed by atoms with Gasteiger partial charge in [-0.1, -0.05) is 17.7 Å². The number of fused-ring (bicyclic) bond motifs is 2. The molecule has 2 N–H and O–H groups in total. The van der Waals surface area contributed by atoms with Gasteiger partial charge in [0.1, 0.15) is 17.2 Å². The molecule has 2 aliphatic heterocycles. The number of pyridine rings is 2. The van der Waals surface area contributed by atoms with Crippen molar-refractivity contribution >= 4 is 23.5 Å². The maximum atomic E-state index is 13.5. The lowest BCUT2D eigenvalue weighted by Crippen LogP contribution is -2.51. The van der Waals surface area contributed by atoms with Gasteiger partial charge in [0.15, 0.2) is 11.5 Å². The van der Waals surface area contributed by atoms with E-state index in [1.165, 1.54) is 17.2 Å². The highest BCUT2D eigenvalue weighted by molar-refractivity contribution is 6.30. The third-order valence-electron chi connectivity index (χ3n) is 6.10. The molecule has 5 rings (SSSR count). The number of carbonyl (C=O) groups is 1. The van der Waals surface area contributed by atoms with Crippen molar-refractivity contribution in [2.75, 3.05) is 7.05 Å². The van der Waals surface area contributed by atoms with Crippen LogP contribution in [0.1, 0.15) is 24.6 Å². The number of halogens is 2. The molecule has 168 valence electrons. The lowest BCUT2D eigenvalue weighted by Gasteiger charge is -2.43. The lowest BCUT2D eigenvalue weighted by atomic mass is 9.74. The van der Waals surface area contributed by atoms with E-state index in [4.69, 9.17) is 22.1 Å². The van der Waals surface area contributed by atoms with E-state index >= 15 is 0 Å². The molecule has 0 radical (unpaired) electrons. The summed E-state index contributed by atoms with van der Waals surface area (Å²) in [5.74, 6) is 0.0298. The fraction of sp³-hybridized carbons (Fsp3) is 0.250. The number of likely N-dealkylation sites (N-methyl/N-ethyl adjacent to an activating group) is 1. The van der Waals surface area contributed by atoms with Crippen LogP contribution >= 0.6 is 11.6 Å². The van der Waals surface area contributed by atoms with Crippen LogP contribution < -0.4 is 10.5 Å². The molecule has 2 unspecified atom stereocenters. The van der Waals surface area contributed by atoms with Gasteiger partial charge >= 0.3 is 0 Å². The highest BCUT2D eigenvalue weighted by Crippen LogP contribution is 2.50. The van der Waals surface area contributed by atoms with Crippen molar-refractivity contribution < 1.29 is 13.9 Å². The molecule has 2 atom stereocenters. The summed E-state index contributed by atoms with van der Waals surface area (Å²) in [6.07, 6.45) is 5.03. The van der Waals surface area contributed by atoms with Gasteiger partial charge in [-0.05, 0) is 42.8 Å².